The predicted octanol–water partition coefficient (Wildman–Crippen LogP) is 3.86. The first kappa shape index (κ1) is 19.1. The number of carbonyl (C=O) groups excluding carboxylic acids is 1. The molecule has 1 fully saturated rings. The third-order valence-electron chi connectivity index (χ3n) is 5.61. The van der Waals surface area contributed by atoms with Crippen molar-refractivity contribution in [2.75, 3.05) is 18.5 Å². The van der Waals surface area contributed by atoms with Crippen LogP contribution in [0.5, 0.6) is 0 Å². The molecule has 0 unspecified atom stereocenters. The van der Waals surface area contributed by atoms with Gasteiger partial charge in [0.05, 0.1) is 6.04 Å². The number of piperidine rings is 1. The molecular formula is C22H22FN5OS. The molecule has 0 bridgehead atoms. The van der Waals surface area contributed by atoms with Crippen LogP contribution in [0.25, 0.3) is 11.4 Å². The number of halogens is 1. The summed E-state index contributed by atoms with van der Waals surface area (Å²) in [7, 11) is 0. The van der Waals surface area contributed by atoms with Gasteiger partial charge >= 0.3 is 0 Å². The maximum atomic E-state index is 13.5. The monoisotopic (exact) mass is 423 g/mol. The summed E-state index contributed by atoms with van der Waals surface area (Å²) in [6.45, 7) is 1.57. The molecule has 2 atom stereocenters. The number of rotatable bonds is 3. The largest absolute Gasteiger partial charge is 0.342 e. The number of hydrogen-bond donors (Lipinski definition) is 1. The number of hydrogen-bond acceptors (Lipinski definition) is 5. The molecular weight excluding hydrogens is 401 g/mol. The van der Waals surface area contributed by atoms with Crippen LogP contribution in [0.15, 0.2) is 59.8 Å². The smallest absolute Gasteiger partial charge is 0.238 e. The van der Waals surface area contributed by atoms with Gasteiger partial charge in [-0.05, 0) is 37.0 Å². The molecule has 2 aliphatic rings. The Morgan fingerprint density at radius 2 is 1.73 bits per heavy atom. The summed E-state index contributed by atoms with van der Waals surface area (Å²) in [5.41, 5.74) is 5.24. The first-order valence-corrected chi connectivity index (χ1v) is 11.1. The van der Waals surface area contributed by atoms with Crippen molar-refractivity contribution in [3.63, 3.8) is 0 Å². The van der Waals surface area contributed by atoms with Crippen LogP contribution in [-0.4, -0.2) is 44.0 Å². The van der Waals surface area contributed by atoms with E-state index in [1.807, 2.05) is 39.9 Å². The second kappa shape index (κ2) is 8.10. The quantitative estimate of drug-likeness (QED) is 0.693. The van der Waals surface area contributed by atoms with Gasteiger partial charge in [-0.25, -0.2) is 9.07 Å². The molecule has 3 aromatic rings. The number of aromatic nitrogens is 3. The fraction of sp³-hybridized carbons (Fsp3) is 0.318. The summed E-state index contributed by atoms with van der Waals surface area (Å²) in [5, 5.41) is 8.96. The first-order chi connectivity index (χ1) is 14.7. The van der Waals surface area contributed by atoms with Crippen molar-refractivity contribution in [1.29, 1.82) is 0 Å². The van der Waals surface area contributed by atoms with Crippen LogP contribution < -0.4 is 5.43 Å². The van der Waals surface area contributed by atoms with Gasteiger partial charge in [-0.2, -0.15) is 0 Å². The van der Waals surface area contributed by atoms with Crippen LogP contribution in [0, 0.1) is 5.82 Å². The van der Waals surface area contributed by atoms with E-state index in [4.69, 9.17) is 0 Å². The highest BCUT2D eigenvalue weighted by Crippen LogP contribution is 2.39. The molecule has 2 aromatic carbocycles. The van der Waals surface area contributed by atoms with Crippen molar-refractivity contribution in [1.82, 2.24) is 19.8 Å². The zero-order valence-corrected chi connectivity index (χ0v) is 17.2. The average Bonchev–Trinajstić information content (AvgIpc) is 3.22. The number of thioether (sulfide) groups is 1. The second-order valence-electron chi connectivity index (χ2n) is 7.59. The van der Waals surface area contributed by atoms with E-state index in [-0.39, 0.29) is 17.8 Å². The van der Waals surface area contributed by atoms with Crippen molar-refractivity contribution in [2.24, 2.45) is 0 Å². The number of carbonyl (C=O) groups is 1. The Kier molecular flexibility index (Phi) is 5.16. The van der Waals surface area contributed by atoms with Gasteiger partial charge in [-0.1, -0.05) is 54.2 Å². The van der Waals surface area contributed by atoms with E-state index in [1.165, 1.54) is 23.9 Å². The van der Waals surface area contributed by atoms with Gasteiger partial charge in [0, 0.05) is 18.7 Å². The summed E-state index contributed by atoms with van der Waals surface area (Å²) in [6, 6.07) is 15.8. The number of benzene rings is 2. The molecule has 5 rings (SSSR count). The fourth-order valence-electron chi connectivity index (χ4n) is 4.03. The van der Waals surface area contributed by atoms with Crippen molar-refractivity contribution in [2.45, 2.75) is 35.7 Å². The molecule has 0 spiro atoms. The normalized spacial score (nSPS) is 21.0. The van der Waals surface area contributed by atoms with Crippen molar-refractivity contribution >= 4 is 17.7 Å². The Morgan fingerprint density at radius 3 is 2.47 bits per heavy atom. The molecule has 1 aromatic heterocycles. The zero-order chi connectivity index (χ0) is 20.5. The SMILES string of the molecule is O=C([C@H]1Sc2nnc(-c3ccccc3)n2N[C@@H]1c1ccc(F)cc1)N1CCCCC1. The Hall–Kier alpha value is -2.87. The van der Waals surface area contributed by atoms with Crippen LogP contribution in [-0.2, 0) is 4.79 Å². The molecule has 0 saturated carbocycles. The third kappa shape index (κ3) is 3.56. The molecule has 30 heavy (non-hydrogen) atoms. The van der Waals surface area contributed by atoms with E-state index in [0.29, 0.717) is 11.0 Å². The highest BCUT2D eigenvalue weighted by atomic mass is 32.2. The van der Waals surface area contributed by atoms with Gasteiger partial charge in [0.2, 0.25) is 11.1 Å². The van der Waals surface area contributed by atoms with Crippen molar-refractivity contribution < 1.29 is 9.18 Å². The number of amides is 1. The number of nitrogens with zero attached hydrogens (tertiary/aromatic N) is 4. The molecule has 0 aliphatic carbocycles. The molecule has 1 saturated heterocycles. The highest BCUT2D eigenvalue weighted by Gasteiger charge is 2.40. The van der Waals surface area contributed by atoms with Crippen LogP contribution in [0.3, 0.4) is 0 Å². The van der Waals surface area contributed by atoms with Gasteiger partial charge in [-0.15, -0.1) is 10.2 Å². The second-order valence-corrected chi connectivity index (χ2v) is 8.70. The van der Waals surface area contributed by atoms with Crippen LogP contribution in [0.4, 0.5) is 4.39 Å². The van der Waals surface area contributed by atoms with E-state index >= 15 is 0 Å². The minimum absolute atomic E-state index is 0.0945. The van der Waals surface area contributed by atoms with E-state index in [9.17, 15) is 9.18 Å². The van der Waals surface area contributed by atoms with Gasteiger partial charge in [0.1, 0.15) is 11.1 Å². The number of fused-ring (bicyclic) bond motifs is 1. The third-order valence-corrected chi connectivity index (χ3v) is 6.81. The molecule has 0 radical (unpaired) electrons. The zero-order valence-electron chi connectivity index (χ0n) is 16.4. The molecule has 2 aliphatic heterocycles. The molecule has 8 heteroatoms. The Morgan fingerprint density at radius 1 is 1.00 bits per heavy atom. The van der Waals surface area contributed by atoms with Gasteiger partial charge in [0.25, 0.3) is 0 Å². The summed E-state index contributed by atoms with van der Waals surface area (Å²) in [4.78, 5) is 15.4. The van der Waals surface area contributed by atoms with E-state index in [0.717, 1.165) is 43.5 Å². The lowest BCUT2D eigenvalue weighted by atomic mass is 10.0. The van der Waals surface area contributed by atoms with Crippen LogP contribution in [0.1, 0.15) is 30.9 Å². The maximum Gasteiger partial charge on any atom is 0.238 e. The summed E-state index contributed by atoms with van der Waals surface area (Å²) in [5.74, 6) is 0.488. The minimum Gasteiger partial charge on any atom is -0.342 e. The average molecular weight is 424 g/mol. The standard InChI is InChI=1S/C22H22FN5OS/c23-17-11-9-15(10-12-17)18-19(21(29)27-13-5-2-6-14-27)30-22-25-24-20(28(22)26-18)16-7-3-1-4-8-16/h1,3-4,7-12,18-19,26H,2,5-6,13-14H2/t18-,19+/m1/s1. The number of likely N-dealkylation sites (tertiary alicyclic amines) is 1. The topological polar surface area (TPSA) is 63.1 Å². The molecule has 1 N–H and O–H groups in total. The lowest BCUT2D eigenvalue weighted by Crippen LogP contribution is -2.47. The Labute approximate surface area is 178 Å². The fourth-order valence-corrected chi connectivity index (χ4v) is 5.20. The Bertz CT molecular complexity index is 1030. The summed E-state index contributed by atoms with van der Waals surface area (Å²) in [6.07, 6.45) is 3.23. The maximum absolute atomic E-state index is 13.5. The van der Waals surface area contributed by atoms with E-state index in [1.54, 1.807) is 12.1 Å². The highest BCUT2D eigenvalue weighted by molar-refractivity contribution is 8.00. The van der Waals surface area contributed by atoms with Crippen LogP contribution in [0.2, 0.25) is 0 Å². The van der Waals surface area contributed by atoms with E-state index in [2.05, 4.69) is 15.6 Å². The van der Waals surface area contributed by atoms with Gasteiger partial charge < -0.3 is 10.3 Å². The molecule has 6 nitrogen and oxygen atoms in total. The number of nitrogens with one attached hydrogen (secondary N) is 1. The molecule has 154 valence electrons. The lowest BCUT2D eigenvalue weighted by Gasteiger charge is -2.37. The molecule has 3 heterocycles. The lowest BCUT2D eigenvalue weighted by molar-refractivity contribution is -0.131. The van der Waals surface area contributed by atoms with Gasteiger partial charge in [0.15, 0.2) is 5.82 Å². The predicted molar refractivity (Wildman–Crippen MR) is 114 cm³/mol. The van der Waals surface area contributed by atoms with Gasteiger partial charge in [-0.3, -0.25) is 4.79 Å². The van der Waals surface area contributed by atoms with Crippen LogP contribution >= 0.6 is 11.8 Å². The minimum atomic E-state index is -0.395. The molecule has 1 amide bonds. The summed E-state index contributed by atoms with van der Waals surface area (Å²) >= 11 is 1.42. The first-order valence-electron chi connectivity index (χ1n) is 10.2. The van der Waals surface area contributed by atoms with Crippen molar-refractivity contribution in [3.8, 4) is 11.4 Å². The Balaban J connectivity index is 1.53. The van der Waals surface area contributed by atoms with Crippen molar-refractivity contribution in [3.05, 3.63) is 66.0 Å². The van der Waals surface area contributed by atoms with E-state index < -0.39 is 5.25 Å². The summed E-state index contributed by atoms with van der Waals surface area (Å²) < 4.78 is 15.4.